The summed E-state index contributed by atoms with van der Waals surface area (Å²) in [5.41, 5.74) is 4.70. The molecule has 0 unspecified atom stereocenters. The summed E-state index contributed by atoms with van der Waals surface area (Å²) in [6.45, 7) is 4.59. The topological polar surface area (TPSA) is 75.1 Å². The van der Waals surface area contributed by atoms with Crippen molar-refractivity contribution in [2.24, 2.45) is 0 Å². The van der Waals surface area contributed by atoms with Crippen molar-refractivity contribution >= 4 is 23.1 Å². The molecule has 0 aliphatic carbocycles. The zero-order chi connectivity index (χ0) is 19.0. The van der Waals surface area contributed by atoms with Gasteiger partial charge in [0.25, 0.3) is 5.56 Å². The molecule has 4 aromatic rings. The number of aromatic nitrogens is 4. The Hall–Kier alpha value is -3.12. The van der Waals surface area contributed by atoms with Crippen molar-refractivity contribution in [1.29, 1.82) is 0 Å². The summed E-state index contributed by atoms with van der Waals surface area (Å²) >= 11 is 5.92. The lowest BCUT2D eigenvalue weighted by atomic mass is 10.1. The van der Waals surface area contributed by atoms with E-state index in [1.807, 2.05) is 18.2 Å². The number of H-pyrrole nitrogens is 1. The van der Waals surface area contributed by atoms with Crippen LogP contribution in [-0.4, -0.2) is 19.6 Å². The highest BCUT2D eigenvalue weighted by atomic mass is 35.5. The van der Waals surface area contributed by atoms with Crippen molar-refractivity contribution in [3.8, 4) is 11.4 Å². The van der Waals surface area contributed by atoms with Crippen molar-refractivity contribution < 1.29 is 0 Å². The summed E-state index contributed by atoms with van der Waals surface area (Å²) in [5, 5.41) is 8.33. The van der Waals surface area contributed by atoms with E-state index in [9.17, 15) is 4.79 Å². The minimum Gasteiger partial charge on any atom is -0.379 e. The van der Waals surface area contributed by atoms with Crippen LogP contribution < -0.4 is 10.9 Å². The molecule has 6 nitrogen and oxygen atoms in total. The van der Waals surface area contributed by atoms with Crippen molar-refractivity contribution in [3.05, 3.63) is 80.7 Å². The average Bonchev–Trinajstić information content (AvgIpc) is 3.07. The van der Waals surface area contributed by atoms with Crippen LogP contribution in [0.5, 0.6) is 0 Å². The highest BCUT2D eigenvalue weighted by Gasteiger charge is 2.10. The van der Waals surface area contributed by atoms with Crippen LogP contribution in [-0.2, 0) is 6.54 Å². The van der Waals surface area contributed by atoms with Gasteiger partial charge in [-0.1, -0.05) is 29.8 Å². The Balaban J connectivity index is 1.65. The fourth-order valence-electron chi connectivity index (χ4n) is 3.03. The van der Waals surface area contributed by atoms with Crippen molar-refractivity contribution in [1.82, 2.24) is 19.6 Å². The summed E-state index contributed by atoms with van der Waals surface area (Å²) < 4.78 is 1.27. The van der Waals surface area contributed by atoms with E-state index >= 15 is 0 Å². The van der Waals surface area contributed by atoms with Gasteiger partial charge in [0.2, 0.25) is 5.78 Å². The third kappa shape index (κ3) is 3.44. The third-order valence-corrected chi connectivity index (χ3v) is 4.68. The van der Waals surface area contributed by atoms with E-state index < -0.39 is 0 Å². The largest absolute Gasteiger partial charge is 0.379 e. The highest BCUT2D eigenvalue weighted by molar-refractivity contribution is 6.30. The van der Waals surface area contributed by atoms with Crippen molar-refractivity contribution in [2.45, 2.75) is 20.4 Å². The van der Waals surface area contributed by atoms with Crippen LogP contribution >= 0.6 is 11.6 Å². The van der Waals surface area contributed by atoms with Gasteiger partial charge in [0, 0.05) is 28.0 Å². The van der Waals surface area contributed by atoms with Gasteiger partial charge in [0.15, 0.2) is 5.82 Å². The zero-order valence-corrected chi connectivity index (χ0v) is 15.7. The second-order valence-corrected chi connectivity index (χ2v) is 6.87. The first kappa shape index (κ1) is 17.3. The molecule has 0 radical (unpaired) electrons. The Morgan fingerprint density at radius 1 is 1.11 bits per heavy atom. The molecule has 2 aromatic heterocycles. The summed E-state index contributed by atoms with van der Waals surface area (Å²) in [6.07, 6.45) is 0. The maximum atomic E-state index is 12.4. The summed E-state index contributed by atoms with van der Waals surface area (Å²) in [5.74, 6) is 0.880. The normalized spacial score (nSPS) is 11.1. The molecule has 4 rings (SSSR count). The van der Waals surface area contributed by atoms with Gasteiger partial charge in [0.1, 0.15) is 0 Å². The molecule has 0 saturated heterocycles. The molecule has 0 aliphatic heterocycles. The molecule has 0 spiro atoms. The van der Waals surface area contributed by atoms with Crippen molar-refractivity contribution in [2.75, 3.05) is 5.32 Å². The van der Waals surface area contributed by atoms with Crippen LogP contribution in [0.15, 0.2) is 53.3 Å². The number of aryl methyl sites for hydroxylation is 2. The second kappa shape index (κ2) is 6.89. The number of halogens is 1. The van der Waals surface area contributed by atoms with E-state index in [4.69, 9.17) is 11.6 Å². The lowest BCUT2D eigenvalue weighted by molar-refractivity contribution is 0.878. The number of fused-ring (bicyclic) bond motifs is 1. The monoisotopic (exact) mass is 379 g/mol. The first-order valence-electron chi connectivity index (χ1n) is 8.56. The molecule has 0 aliphatic rings. The van der Waals surface area contributed by atoms with Crippen LogP contribution in [0.3, 0.4) is 0 Å². The molecule has 136 valence electrons. The Morgan fingerprint density at radius 2 is 1.81 bits per heavy atom. The van der Waals surface area contributed by atoms with Crippen molar-refractivity contribution in [3.63, 3.8) is 0 Å². The van der Waals surface area contributed by atoms with E-state index in [1.54, 1.807) is 12.1 Å². The Labute approximate surface area is 160 Å². The molecular formula is C20H18ClN5O. The number of aromatic amines is 1. The Kier molecular flexibility index (Phi) is 4.41. The number of rotatable bonds is 4. The minimum atomic E-state index is -0.227. The predicted octanol–water partition coefficient (Wildman–Crippen LogP) is 3.97. The first-order valence-corrected chi connectivity index (χ1v) is 8.94. The first-order chi connectivity index (χ1) is 13.0. The van der Waals surface area contributed by atoms with Gasteiger partial charge < -0.3 is 10.3 Å². The van der Waals surface area contributed by atoms with E-state index in [0.29, 0.717) is 23.2 Å². The molecule has 7 heteroatoms. The van der Waals surface area contributed by atoms with Crippen LogP contribution in [0.4, 0.5) is 5.69 Å². The number of benzene rings is 2. The van der Waals surface area contributed by atoms with E-state index in [2.05, 4.69) is 46.4 Å². The number of anilines is 1. The van der Waals surface area contributed by atoms with E-state index in [1.165, 1.54) is 10.6 Å². The second-order valence-electron chi connectivity index (χ2n) is 6.43. The summed E-state index contributed by atoms with van der Waals surface area (Å²) in [4.78, 5) is 20.1. The van der Waals surface area contributed by atoms with Gasteiger partial charge in [-0.05, 0) is 49.2 Å². The maximum Gasteiger partial charge on any atom is 0.275 e. The zero-order valence-electron chi connectivity index (χ0n) is 15.0. The number of nitrogens with one attached hydrogen (secondary N) is 2. The van der Waals surface area contributed by atoms with Gasteiger partial charge in [0.05, 0.1) is 6.54 Å². The molecule has 0 saturated carbocycles. The van der Waals surface area contributed by atoms with Gasteiger partial charge >= 0.3 is 0 Å². The predicted molar refractivity (Wildman–Crippen MR) is 107 cm³/mol. The van der Waals surface area contributed by atoms with Gasteiger partial charge in [-0.15, -0.1) is 5.10 Å². The van der Waals surface area contributed by atoms with E-state index in [-0.39, 0.29) is 5.56 Å². The van der Waals surface area contributed by atoms with E-state index in [0.717, 1.165) is 28.1 Å². The average molecular weight is 380 g/mol. The number of hydrogen-bond acceptors (Lipinski definition) is 4. The maximum absolute atomic E-state index is 12.4. The fraction of sp³-hybridized carbons (Fsp3) is 0.150. The molecule has 2 heterocycles. The molecule has 0 fully saturated rings. The molecule has 0 bridgehead atoms. The molecule has 2 N–H and O–H groups in total. The lowest BCUT2D eigenvalue weighted by Crippen LogP contribution is -2.17. The Bertz CT molecular complexity index is 1160. The molecule has 2 aromatic carbocycles. The smallest absolute Gasteiger partial charge is 0.275 e. The number of para-hydroxylation sites is 1. The molecular weight excluding hydrogens is 362 g/mol. The fourth-order valence-corrected chi connectivity index (χ4v) is 3.16. The summed E-state index contributed by atoms with van der Waals surface area (Å²) in [6, 6.07) is 14.9. The molecule has 27 heavy (non-hydrogen) atoms. The molecule has 0 amide bonds. The lowest BCUT2D eigenvalue weighted by Gasteiger charge is -2.12. The number of nitrogens with zero attached hydrogens (tertiary/aromatic N) is 3. The van der Waals surface area contributed by atoms with Crippen LogP contribution in [0.2, 0.25) is 5.02 Å². The quantitative estimate of drug-likeness (QED) is 0.562. The van der Waals surface area contributed by atoms with Crippen LogP contribution in [0.1, 0.15) is 16.8 Å². The standard InChI is InChI=1S/C20H18ClN5O/c1-12-4-3-5-13(2)18(12)22-11-16-10-17(27)26-20(23-16)24-19(25-26)14-6-8-15(21)9-7-14/h3-10,22H,11H2,1-2H3,(H,23,24,25). The van der Waals surface area contributed by atoms with Crippen LogP contribution in [0, 0.1) is 13.8 Å². The van der Waals surface area contributed by atoms with Gasteiger partial charge in [-0.2, -0.15) is 9.50 Å². The minimum absolute atomic E-state index is 0.227. The Morgan fingerprint density at radius 3 is 2.52 bits per heavy atom. The highest BCUT2D eigenvalue weighted by Crippen LogP contribution is 2.20. The summed E-state index contributed by atoms with van der Waals surface area (Å²) in [7, 11) is 0. The van der Waals surface area contributed by atoms with Crippen LogP contribution in [0.25, 0.3) is 17.2 Å². The third-order valence-electron chi connectivity index (χ3n) is 4.43. The SMILES string of the molecule is Cc1cccc(C)c1NCc1cc(=O)n2nc(-c3ccc(Cl)cc3)nc2[nH]1. The van der Waals surface area contributed by atoms with Gasteiger partial charge in [-0.25, -0.2) is 0 Å². The number of hydrogen-bond donors (Lipinski definition) is 2. The molecule has 0 atom stereocenters. The van der Waals surface area contributed by atoms with Gasteiger partial charge in [-0.3, -0.25) is 4.79 Å².